The van der Waals surface area contributed by atoms with Crippen LogP contribution >= 0.6 is 0 Å². The van der Waals surface area contributed by atoms with Gasteiger partial charge in [-0.05, 0) is 32.9 Å². The second-order valence-corrected chi connectivity index (χ2v) is 6.54. The van der Waals surface area contributed by atoms with E-state index in [9.17, 15) is 14.4 Å². The van der Waals surface area contributed by atoms with Gasteiger partial charge in [0, 0.05) is 13.1 Å². The molecule has 3 N–H and O–H groups in total. The maximum Gasteiger partial charge on any atom is 0.338 e. The second kappa shape index (κ2) is 9.93. The number of hydrogen-bond acceptors (Lipinski definition) is 5. The molecule has 1 aromatic heterocycles. The highest BCUT2D eigenvalue weighted by molar-refractivity contribution is 5.95. The Bertz CT molecular complexity index is 725. The van der Waals surface area contributed by atoms with Crippen molar-refractivity contribution in [2.45, 2.75) is 26.8 Å². The van der Waals surface area contributed by atoms with Gasteiger partial charge in [-0.1, -0.05) is 0 Å². The van der Waals surface area contributed by atoms with Crippen LogP contribution in [0.4, 0.5) is 4.79 Å². The maximum atomic E-state index is 12.6. The summed E-state index contributed by atoms with van der Waals surface area (Å²) >= 11 is 0. The lowest BCUT2D eigenvalue weighted by atomic mass is 10.00. The van der Waals surface area contributed by atoms with E-state index in [0.29, 0.717) is 24.5 Å². The van der Waals surface area contributed by atoms with E-state index < -0.39 is 18.0 Å². The van der Waals surface area contributed by atoms with Crippen molar-refractivity contribution in [2.24, 2.45) is 0 Å². The van der Waals surface area contributed by atoms with Gasteiger partial charge in [0.25, 0.3) is 5.91 Å². The van der Waals surface area contributed by atoms with Crippen molar-refractivity contribution < 1.29 is 28.4 Å². The molecule has 1 aromatic rings. The van der Waals surface area contributed by atoms with Crippen LogP contribution < -0.4 is 15.5 Å². The quantitative estimate of drug-likeness (QED) is 0.506. The summed E-state index contributed by atoms with van der Waals surface area (Å²) in [4.78, 5) is 39.8. The maximum absolute atomic E-state index is 12.6. The normalized spacial score (nSPS) is 17.6. The molecule has 0 fully saturated rings. The first-order chi connectivity index (χ1) is 13.4. The molecule has 2 rings (SSSR count). The Labute approximate surface area is 164 Å². The number of rotatable bonds is 9. The molecule has 9 nitrogen and oxygen atoms in total. The molecule has 3 amide bonds. The number of ether oxygens (including phenoxy) is 1. The highest BCUT2D eigenvalue weighted by Crippen LogP contribution is 2.27. The number of amides is 3. The van der Waals surface area contributed by atoms with Crippen LogP contribution in [0, 0.1) is 0 Å². The number of furan rings is 1. The Morgan fingerprint density at radius 2 is 2.00 bits per heavy atom. The molecule has 28 heavy (non-hydrogen) atoms. The number of quaternary nitrogens is 1. The van der Waals surface area contributed by atoms with E-state index in [-0.39, 0.29) is 31.2 Å². The number of nitrogens with one attached hydrogen (secondary N) is 3. The number of urea groups is 1. The highest BCUT2D eigenvalue weighted by Gasteiger charge is 2.36. The van der Waals surface area contributed by atoms with Crippen LogP contribution in [0.2, 0.25) is 0 Å². The molecule has 0 aliphatic carbocycles. The van der Waals surface area contributed by atoms with Crippen molar-refractivity contribution in [1.82, 2.24) is 15.5 Å². The fourth-order valence-electron chi connectivity index (χ4n) is 3.19. The molecule has 2 atom stereocenters. The summed E-state index contributed by atoms with van der Waals surface area (Å²) in [5, 5.41) is 5.40. The minimum absolute atomic E-state index is 0.0173. The molecular weight excluding hydrogens is 364 g/mol. The van der Waals surface area contributed by atoms with Crippen molar-refractivity contribution in [3.8, 4) is 0 Å². The summed E-state index contributed by atoms with van der Waals surface area (Å²) in [6, 6.07) is 2.19. The zero-order chi connectivity index (χ0) is 20.7. The third-order valence-corrected chi connectivity index (χ3v) is 4.52. The summed E-state index contributed by atoms with van der Waals surface area (Å²) in [6.45, 7) is 7.59. The Balaban J connectivity index is 2.29. The van der Waals surface area contributed by atoms with E-state index in [0.717, 1.165) is 4.90 Å². The van der Waals surface area contributed by atoms with Crippen molar-refractivity contribution in [1.29, 1.82) is 0 Å². The Hall–Kier alpha value is -2.81. The summed E-state index contributed by atoms with van der Waals surface area (Å²) in [6.07, 6.45) is 1.48. The zero-order valence-corrected chi connectivity index (χ0v) is 16.8. The van der Waals surface area contributed by atoms with Gasteiger partial charge in [-0.2, -0.15) is 0 Å². The molecule has 0 spiro atoms. The van der Waals surface area contributed by atoms with Gasteiger partial charge in [-0.25, -0.2) is 9.59 Å². The summed E-state index contributed by atoms with van der Waals surface area (Å²) in [5.41, 5.74) is 0.708. The average Bonchev–Trinajstić information content (AvgIpc) is 3.16. The lowest BCUT2D eigenvalue weighted by molar-refractivity contribution is -0.866. The monoisotopic (exact) mass is 393 g/mol. The molecule has 0 radical (unpaired) electrons. The molecule has 9 heteroatoms. The topological polar surface area (TPSA) is 105 Å². The van der Waals surface area contributed by atoms with Crippen LogP contribution in [0.3, 0.4) is 0 Å². The molecule has 0 aromatic carbocycles. The standard InChI is InChI=1S/C19H28N4O5/c1-5-23(6-2)15(24)12-22(4)11-13-16(18(25)27-7-3)17(21-19(26)20-13)14-9-8-10-28-14/h8-10,17H,5-7,11-12H2,1-4H3,(H2,20,21,26)/p+1/t17-/m1/s1. The van der Waals surface area contributed by atoms with E-state index >= 15 is 0 Å². The lowest BCUT2D eigenvalue weighted by Gasteiger charge is -2.29. The van der Waals surface area contributed by atoms with Crippen LogP contribution in [-0.4, -0.2) is 62.6 Å². The number of hydrogen-bond donors (Lipinski definition) is 3. The Kier molecular flexibility index (Phi) is 7.62. The first-order valence-electron chi connectivity index (χ1n) is 9.51. The third-order valence-electron chi connectivity index (χ3n) is 4.52. The number of carbonyl (C=O) groups is 3. The van der Waals surface area contributed by atoms with Gasteiger partial charge in [0.1, 0.15) is 18.3 Å². The smallest absolute Gasteiger partial charge is 0.338 e. The van der Waals surface area contributed by atoms with Crippen LogP contribution in [0.1, 0.15) is 32.6 Å². The van der Waals surface area contributed by atoms with E-state index in [4.69, 9.17) is 9.15 Å². The number of esters is 1. The minimum atomic E-state index is -0.746. The average molecular weight is 393 g/mol. The van der Waals surface area contributed by atoms with Crippen LogP contribution in [0.15, 0.2) is 34.1 Å². The van der Waals surface area contributed by atoms with Crippen molar-refractivity contribution in [2.75, 3.05) is 39.8 Å². The predicted octanol–water partition coefficient (Wildman–Crippen LogP) is -0.166. The van der Waals surface area contributed by atoms with E-state index in [1.807, 2.05) is 20.9 Å². The van der Waals surface area contributed by atoms with E-state index in [2.05, 4.69) is 10.6 Å². The largest absolute Gasteiger partial charge is 0.467 e. The fraction of sp³-hybridized carbons (Fsp3) is 0.526. The summed E-state index contributed by atoms with van der Waals surface area (Å²) in [5.74, 6) is -0.0785. The highest BCUT2D eigenvalue weighted by atomic mass is 16.5. The van der Waals surface area contributed by atoms with E-state index in [1.165, 1.54) is 6.26 Å². The van der Waals surface area contributed by atoms with Gasteiger partial charge in [-0.15, -0.1) is 0 Å². The Morgan fingerprint density at radius 1 is 1.29 bits per heavy atom. The van der Waals surface area contributed by atoms with Crippen LogP contribution in [0.5, 0.6) is 0 Å². The summed E-state index contributed by atoms with van der Waals surface area (Å²) < 4.78 is 10.6. The van der Waals surface area contributed by atoms with Crippen LogP contribution in [-0.2, 0) is 14.3 Å². The predicted molar refractivity (Wildman–Crippen MR) is 101 cm³/mol. The molecule has 1 aliphatic heterocycles. The molecule has 0 saturated heterocycles. The van der Waals surface area contributed by atoms with Gasteiger partial charge >= 0.3 is 12.0 Å². The summed E-state index contributed by atoms with van der Waals surface area (Å²) in [7, 11) is 1.84. The number of likely N-dealkylation sites (N-methyl/N-ethyl adjacent to an activating group) is 2. The second-order valence-electron chi connectivity index (χ2n) is 6.54. The third kappa shape index (κ3) is 5.13. The number of carbonyl (C=O) groups excluding carboxylic acids is 3. The van der Waals surface area contributed by atoms with Crippen LogP contribution in [0.25, 0.3) is 0 Å². The van der Waals surface area contributed by atoms with Crippen molar-refractivity contribution in [3.63, 3.8) is 0 Å². The molecule has 0 bridgehead atoms. The molecule has 2 heterocycles. The molecule has 0 saturated carbocycles. The SMILES string of the molecule is CCOC(=O)C1=C(C[NH+](C)CC(=O)N(CC)CC)NC(=O)N[C@@H]1c1ccco1. The molecule has 1 aliphatic rings. The van der Waals surface area contributed by atoms with Gasteiger partial charge in [-0.3, -0.25) is 4.79 Å². The first kappa shape index (κ1) is 21.5. The minimum Gasteiger partial charge on any atom is -0.467 e. The van der Waals surface area contributed by atoms with E-state index in [1.54, 1.807) is 24.0 Å². The first-order valence-corrected chi connectivity index (χ1v) is 9.51. The zero-order valence-electron chi connectivity index (χ0n) is 16.8. The van der Waals surface area contributed by atoms with Gasteiger partial charge in [0.05, 0.1) is 31.2 Å². The number of nitrogens with zero attached hydrogens (tertiary/aromatic N) is 1. The Morgan fingerprint density at radius 3 is 2.57 bits per heavy atom. The van der Waals surface area contributed by atoms with Crippen molar-refractivity contribution in [3.05, 3.63) is 35.4 Å². The molecular formula is C19H29N4O5+. The fourth-order valence-corrected chi connectivity index (χ4v) is 3.19. The van der Waals surface area contributed by atoms with Gasteiger partial charge in [0.2, 0.25) is 0 Å². The van der Waals surface area contributed by atoms with Gasteiger partial charge in [0.15, 0.2) is 6.54 Å². The van der Waals surface area contributed by atoms with Crippen molar-refractivity contribution >= 4 is 17.9 Å². The lowest BCUT2D eigenvalue weighted by Crippen LogP contribution is -3.10. The molecule has 1 unspecified atom stereocenters. The van der Waals surface area contributed by atoms with Gasteiger partial charge < -0.3 is 29.6 Å². The molecule has 154 valence electrons.